The Kier molecular flexibility index (Phi) is 4.77. The number of rotatable bonds is 4. The van der Waals surface area contributed by atoms with Crippen molar-refractivity contribution in [1.82, 2.24) is 19.4 Å². The third-order valence-corrected chi connectivity index (χ3v) is 4.67. The van der Waals surface area contributed by atoms with E-state index in [4.69, 9.17) is 16.3 Å². The molecule has 0 saturated heterocycles. The minimum absolute atomic E-state index is 0.144. The van der Waals surface area contributed by atoms with Crippen LogP contribution in [-0.4, -0.2) is 44.2 Å². The topological polar surface area (TPSA) is 63.4 Å². The largest absolute Gasteiger partial charge is 0.504 e. The van der Waals surface area contributed by atoms with Crippen LogP contribution in [0.25, 0.3) is 11.3 Å². The smallest absolute Gasteiger partial charge is 0.165 e. The van der Waals surface area contributed by atoms with Crippen LogP contribution in [0, 0.1) is 0 Å². The molecule has 0 fully saturated rings. The minimum Gasteiger partial charge on any atom is -0.504 e. The van der Waals surface area contributed by atoms with Crippen LogP contribution in [0.4, 0.5) is 0 Å². The second-order valence-electron chi connectivity index (χ2n) is 6.27. The van der Waals surface area contributed by atoms with Gasteiger partial charge in [0.2, 0.25) is 0 Å². The van der Waals surface area contributed by atoms with E-state index >= 15 is 0 Å². The van der Waals surface area contributed by atoms with Gasteiger partial charge in [-0.05, 0) is 24.3 Å². The van der Waals surface area contributed by atoms with E-state index < -0.39 is 0 Å². The molecule has 0 saturated carbocycles. The summed E-state index contributed by atoms with van der Waals surface area (Å²) in [5.41, 5.74) is 2.57. The van der Waals surface area contributed by atoms with E-state index in [0.717, 1.165) is 36.5 Å². The number of ether oxygens (including phenoxy) is 1. The van der Waals surface area contributed by atoms with Gasteiger partial charge in [-0.25, -0.2) is 4.98 Å². The van der Waals surface area contributed by atoms with Gasteiger partial charge in [-0.1, -0.05) is 11.6 Å². The molecule has 0 bridgehead atoms. The molecule has 3 aromatic rings. The number of phenols is 1. The summed E-state index contributed by atoms with van der Waals surface area (Å²) in [6.45, 7) is 3.79. The fourth-order valence-corrected chi connectivity index (χ4v) is 3.23. The Morgan fingerprint density at radius 2 is 2.15 bits per heavy atom. The van der Waals surface area contributed by atoms with Crippen molar-refractivity contribution in [3.63, 3.8) is 0 Å². The van der Waals surface area contributed by atoms with E-state index in [0.29, 0.717) is 23.9 Å². The molecule has 0 atom stereocenters. The highest BCUT2D eigenvalue weighted by Gasteiger charge is 2.20. The van der Waals surface area contributed by atoms with Crippen LogP contribution in [0.2, 0.25) is 5.02 Å². The quantitative estimate of drug-likeness (QED) is 0.764. The third-order valence-electron chi connectivity index (χ3n) is 4.45. The van der Waals surface area contributed by atoms with Gasteiger partial charge in [0, 0.05) is 55.9 Å². The molecule has 0 unspecified atom stereocenters. The summed E-state index contributed by atoms with van der Waals surface area (Å²) >= 11 is 5.92. The first-order valence-corrected chi connectivity index (χ1v) is 8.85. The van der Waals surface area contributed by atoms with Crippen molar-refractivity contribution in [3.8, 4) is 22.8 Å². The highest BCUT2D eigenvalue weighted by Crippen LogP contribution is 2.37. The van der Waals surface area contributed by atoms with E-state index in [9.17, 15) is 5.11 Å². The van der Waals surface area contributed by atoms with Crippen molar-refractivity contribution in [1.29, 1.82) is 0 Å². The molecule has 0 amide bonds. The second kappa shape index (κ2) is 7.35. The molecule has 1 N–H and O–H groups in total. The molecular weight excluding hydrogens is 352 g/mol. The van der Waals surface area contributed by atoms with Crippen LogP contribution in [0.5, 0.6) is 11.5 Å². The standard InChI is InChI=1S/C19H19ClN4O2/c20-16-1-2-17(22-11-16)14-9-15-12-23(5-6-24-4-3-21-13-24)7-8-26-19(15)18(25)10-14/h1-4,9-11,13,25H,5-8,12H2. The Labute approximate surface area is 156 Å². The Morgan fingerprint density at radius 3 is 2.92 bits per heavy atom. The fraction of sp³-hybridized carbons (Fsp3) is 0.263. The lowest BCUT2D eigenvalue weighted by Crippen LogP contribution is -2.29. The lowest BCUT2D eigenvalue weighted by Gasteiger charge is -2.19. The van der Waals surface area contributed by atoms with Crippen molar-refractivity contribution in [3.05, 3.63) is 59.8 Å². The number of aromatic nitrogens is 3. The van der Waals surface area contributed by atoms with Gasteiger partial charge in [0.05, 0.1) is 17.0 Å². The summed E-state index contributed by atoms with van der Waals surface area (Å²) in [5, 5.41) is 11.0. The highest BCUT2D eigenvalue weighted by molar-refractivity contribution is 6.30. The van der Waals surface area contributed by atoms with Crippen LogP contribution in [0.1, 0.15) is 5.56 Å². The average Bonchev–Trinajstić information content (AvgIpc) is 3.07. The molecule has 7 heteroatoms. The van der Waals surface area contributed by atoms with E-state index in [1.807, 2.05) is 24.7 Å². The summed E-state index contributed by atoms with van der Waals surface area (Å²) in [5.74, 6) is 0.707. The molecule has 4 rings (SSSR count). The molecule has 3 heterocycles. The van der Waals surface area contributed by atoms with Crippen molar-refractivity contribution < 1.29 is 9.84 Å². The summed E-state index contributed by atoms with van der Waals surface area (Å²) in [6, 6.07) is 7.36. The highest BCUT2D eigenvalue weighted by atomic mass is 35.5. The maximum atomic E-state index is 10.4. The number of phenolic OH excluding ortho intramolecular Hbond substituents is 1. The first-order valence-electron chi connectivity index (χ1n) is 8.48. The lowest BCUT2D eigenvalue weighted by atomic mass is 10.0. The Morgan fingerprint density at radius 1 is 1.23 bits per heavy atom. The molecule has 26 heavy (non-hydrogen) atoms. The number of halogens is 1. The number of fused-ring (bicyclic) bond motifs is 1. The molecule has 2 aromatic heterocycles. The van der Waals surface area contributed by atoms with Crippen LogP contribution in [-0.2, 0) is 13.1 Å². The lowest BCUT2D eigenvalue weighted by molar-refractivity contribution is 0.217. The van der Waals surface area contributed by atoms with Crippen molar-refractivity contribution >= 4 is 11.6 Å². The summed E-state index contributed by atoms with van der Waals surface area (Å²) in [6.07, 6.45) is 7.16. The Balaban J connectivity index is 1.58. The van der Waals surface area contributed by atoms with E-state index in [2.05, 4.69) is 19.4 Å². The average molecular weight is 371 g/mol. The molecule has 0 radical (unpaired) electrons. The third kappa shape index (κ3) is 3.66. The van der Waals surface area contributed by atoms with Gasteiger partial charge in [0.15, 0.2) is 11.5 Å². The zero-order valence-electron chi connectivity index (χ0n) is 14.2. The number of hydrogen-bond acceptors (Lipinski definition) is 5. The maximum Gasteiger partial charge on any atom is 0.165 e. The van der Waals surface area contributed by atoms with Gasteiger partial charge in [-0.3, -0.25) is 9.88 Å². The van der Waals surface area contributed by atoms with Crippen LogP contribution >= 0.6 is 11.6 Å². The monoisotopic (exact) mass is 370 g/mol. The van der Waals surface area contributed by atoms with Gasteiger partial charge in [0.25, 0.3) is 0 Å². The van der Waals surface area contributed by atoms with Crippen LogP contribution in [0.15, 0.2) is 49.2 Å². The number of pyridine rings is 1. The first kappa shape index (κ1) is 16.9. The molecule has 1 aliphatic heterocycles. The van der Waals surface area contributed by atoms with Gasteiger partial charge < -0.3 is 14.4 Å². The van der Waals surface area contributed by atoms with Crippen LogP contribution < -0.4 is 4.74 Å². The first-order chi connectivity index (χ1) is 12.7. The molecule has 0 aliphatic carbocycles. The molecule has 1 aliphatic rings. The fourth-order valence-electron chi connectivity index (χ4n) is 3.11. The molecule has 1 aromatic carbocycles. The normalized spacial score (nSPS) is 14.5. The van der Waals surface area contributed by atoms with Gasteiger partial charge in [0.1, 0.15) is 6.61 Å². The number of nitrogens with zero attached hydrogens (tertiary/aromatic N) is 4. The van der Waals surface area contributed by atoms with Crippen molar-refractivity contribution in [2.45, 2.75) is 13.1 Å². The minimum atomic E-state index is 0.144. The summed E-state index contributed by atoms with van der Waals surface area (Å²) in [7, 11) is 0. The zero-order valence-corrected chi connectivity index (χ0v) is 14.9. The van der Waals surface area contributed by atoms with Crippen molar-refractivity contribution in [2.75, 3.05) is 19.7 Å². The number of aromatic hydroxyl groups is 1. The molecule has 0 spiro atoms. The van der Waals surface area contributed by atoms with Crippen molar-refractivity contribution in [2.24, 2.45) is 0 Å². The van der Waals surface area contributed by atoms with E-state index in [1.54, 1.807) is 24.5 Å². The maximum absolute atomic E-state index is 10.4. The molecular formula is C19H19ClN4O2. The predicted octanol–water partition coefficient (Wildman–Crippen LogP) is 3.20. The van der Waals surface area contributed by atoms with Gasteiger partial charge >= 0.3 is 0 Å². The zero-order chi connectivity index (χ0) is 17.9. The SMILES string of the molecule is Oc1cc(-c2ccc(Cl)cn2)cc2c1OCCN(CCn1ccnc1)C2. The number of benzene rings is 1. The summed E-state index contributed by atoms with van der Waals surface area (Å²) in [4.78, 5) is 10.7. The number of hydrogen-bond donors (Lipinski definition) is 1. The van der Waals surface area contributed by atoms with E-state index in [-0.39, 0.29) is 5.75 Å². The second-order valence-corrected chi connectivity index (χ2v) is 6.71. The molecule has 6 nitrogen and oxygen atoms in total. The van der Waals surface area contributed by atoms with Gasteiger partial charge in [-0.2, -0.15) is 0 Å². The Bertz CT molecular complexity index is 881. The Hall–Kier alpha value is -2.57. The van der Waals surface area contributed by atoms with Gasteiger partial charge in [-0.15, -0.1) is 0 Å². The molecule has 134 valence electrons. The van der Waals surface area contributed by atoms with Crippen LogP contribution in [0.3, 0.4) is 0 Å². The number of imidazole rings is 1. The summed E-state index contributed by atoms with van der Waals surface area (Å²) < 4.78 is 7.86. The predicted molar refractivity (Wildman–Crippen MR) is 99.3 cm³/mol. The van der Waals surface area contributed by atoms with E-state index in [1.165, 1.54) is 0 Å².